The average molecular weight is 470 g/mol. The minimum Gasteiger partial charge on any atom is -0.371 e. The number of nitrogens with zero attached hydrogens (tertiary/aromatic N) is 3. The zero-order valence-corrected chi connectivity index (χ0v) is 19.1. The first-order valence-corrected chi connectivity index (χ1v) is 12.0. The Morgan fingerprint density at radius 1 is 1.03 bits per heavy atom. The summed E-state index contributed by atoms with van der Waals surface area (Å²) < 4.78 is 0. The highest BCUT2D eigenvalue weighted by atomic mass is 32.2. The molecule has 0 saturated carbocycles. The molecule has 2 amide bonds. The van der Waals surface area contributed by atoms with Gasteiger partial charge in [-0.15, -0.1) is 11.8 Å². The quantitative estimate of drug-likeness (QED) is 0.328. The van der Waals surface area contributed by atoms with Gasteiger partial charge in [-0.05, 0) is 31.0 Å². The first-order valence-electron chi connectivity index (χ1n) is 10.8. The van der Waals surface area contributed by atoms with E-state index in [-0.39, 0.29) is 29.0 Å². The van der Waals surface area contributed by atoms with Crippen LogP contribution in [0.15, 0.2) is 53.6 Å². The normalized spacial score (nSPS) is 14.0. The molecule has 9 nitrogen and oxygen atoms in total. The molecule has 0 bridgehead atoms. The maximum Gasteiger partial charge on any atom is 0.270 e. The summed E-state index contributed by atoms with van der Waals surface area (Å²) in [4.78, 5) is 37.0. The Morgan fingerprint density at radius 2 is 1.73 bits per heavy atom. The molecule has 2 N–H and O–H groups in total. The van der Waals surface area contributed by atoms with Gasteiger partial charge in [0, 0.05) is 42.2 Å². The van der Waals surface area contributed by atoms with Crippen LogP contribution in [0, 0.1) is 10.1 Å². The number of rotatable bonds is 9. The van der Waals surface area contributed by atoms with Crippen molar-refractivity contribution in [3.05, 3.63) is 64.2 Å². The SMILES string of the molecule is O=C(CSCC(=O)Nc1ccccc1)N/N=C\c1cc([N+](=O)[O-])ccc1N1CCCCCC1. The van der Waals surface area contributed by atoms with Crippen molar-refractivity contribution in [1.29, 1.82) is 0 Å². The number of para-hydroxylation sites is 1. The monoisotopic (exact) mass is 469 g/mol. The van der Waals surface area contributed by atoms with E-state index < -0.39 is 4.92 Å². The van der Waals surface area contributed by atoms with Crippen molar-refractivity contribution in [2.75, 3.05) is 34.8 Å². The second-order valence-electron chi connectivity index (χ2n) is 7.60. The lowest BCUT2D eigenvalue weighted by Crippen LogP contribution is -2.25. The van der Waals surface area contributed by atoms with E-state index in [4.69, 9.17) is 0 Å². The van der Waals surface area contributed by atoms with Crippen LogP contribution in [0.2, 0.25) is 0 Å². The smallest absolute Gasteiger partial charge is 0.270 e. The third-order valence-electron chi connectivity index (χ3n) is 5.09. The summed E-state index contributed by atoms with van der Waals surface area (Å²) in [7, 11) is 0. The Kier molecular flexibility index (Phi) is 9.25. The number of anilines is 2. The summed E-state index contributed by atoms with van der Waals surface area (Å²) in [6, 6.07) is 13.8. The lowest BCUT2D eigenvalue weighted by Gasteiger charge is -2.24. The van der Waals surface area contributed by atoms with Gasteiger partial charge in [-0.3, -0.25) is 19.7 Å². The number of nitro benzene ring substituents is 1. The molecular formula is C23H27N5O4S. The minimum absolute atomic E-state index is 0.0265. The van der Waals surface area contributed by atoms with E-state index in [1.54, 1.807) is 18.2 Å². The summed E-state index contributed by atoms with van der Waals surface area (Å²) in [6.07, 6.45) is 5.92. The molecule has 33 heavy (non-hydrogen) atoms. The number of carbonyl (C=O) groups excluding carboxylic acids is 2. The molecule has 0 atom stereocenters. The van der Waals surface area contributed by atoms with E-state index >= 15 is 0 Å². The van der Waals surface area contributed by atoms with E-state index in [1.807, 2.05) is 18.2 Å². The van der Waals surface area contributed by atoms with Crippen molar-refractivity contribution in [2.24, 2.45) is 5.10 Å². The van der Waals surface area contributed by atoms with Crippen LogP contribution in [-0.2, 0) is 9.59 Å². The summed E-state index contributed by atoms with van der Waals surface area (Å²) in [5, 5.41) is 18.0. The first kappa shape index (κ1) is 24.2. The average Bonchev–Trinajstić information content (AvgIpc) is 3.09. The van der Waals surface area contributed by atoms with Crippen molar-refractivity contribution in [1.82, 2.24) is 5.43 Å². The highest BCUT2D eigenvalue weighted by molar-refractivity contribution is 8.00. The number of hydrogen-bond acceptors (Lipinski definition) is 7. The van der Waals surface area contributed by atoms with Crippen LogP contribution < -0.4 is 15.6 Å². The first-order chi connectivity index (χ1) is 16.0. The molecule has 0 spiro atoms. The van der Waals surface area contributed by atoms with Crippen LogP contribution in [0.1, 0.15) is 31.2 Å². The van der Waals surface area contributed by atoms with Gasteiger partial charge in [0.1, 0.15) is 0 Å². The predicted molar refractivity (Wildman–Crippen MR) is 132 cm³/mol. The third kappa shape index (κ3) is 7.90. The van der Waals surface area contributed by atoms with Crippen LogP contribution in [0.25, 0.3) is 0 Å². The molecule has 174 valence electrons. The summed E-state index contributed by atoms with van der Waals surface area (Å²) in [6.45, 7) is 1.76. The Morgan fingerprint density at radius 3 is 2.42 bits per heavy atom. The Hall–Kier alpha value is -3.40. The van der Waals surface area contributed by atoms with Crippen LogP contribution in [0.3, 0.4) is 0 Å². The molecule has 2 aromatic carbocycles. The maximum absolute atomic E-state index is 12.1. The van der Waals surface area contributed by atoms with Gasteiger partial charge in [0.05, 0.1) is 22.6 Å². The molecule has 0 aromatic heterocycles. The van der Waals surface area contributed by atoms with Gasteiger partial charge >= 0.3 is 0 Å². The summed E-state index contributed by atoms with van der Waals surface area (Å²) in [5.74, 6) is -0.351. The molecule has 1 aliphatic heterocycles. The van der Waals surface area contributed by atoms with Crippen LogP contribution >= 0.6 is 11.8 Å². The van der Waals surface area contributed by atoms with E-state index in [2.05, 4.69) is 20.7 Å². The van der Waals surface area contributed by atoms with Gasteiger partial charge < -0.3 is 10.2 Å². The number of thioether (sulfide) groups is 1. The lowest BCUT2D eigenvalue weighted by atomic mass is 10.1. The van der Waals surface area contributed by atoms with Crippen LogP contribution in [-0.4, -0.2) is 47.5 Å². The predicted octanol–water partition coefficient (Wildman–Crippen LogP) is 3.80. The number of hydrogen-bond donors (Lipinski definition) is 2. The van der Waals surface area contributed by atoms with Gasteiger partial charge in [0.15, 0.2) is 0 Å². The van der Waals surface area contributed by atoms with Crippen molar-refractivity contribution in [2.45, 2.75) is 25.7 Å². The van der Waals surface area contributed by atoms with Gasteiger partial charge in [-0.2, -0.15) is 5.10 Å². The van der Waals surface area contributed by atoms with E-state index in [0.717, 1.165) is 31.6 Å². The van der Waals surface area contributed by atoms with Crippen LogP contribution in [0.5, 0.6) is 0 Å². The number of carbonyl (C=O) groups is 2. The molecular weight excluding hydrogens is 442 g/mol. The Balaban J connectivity index is 1.53. The van der Waals surface area contributed by atoms with Gasteiger partial charge in [0.2, 0.25) is 11.8 Å². The van der Waals surface area contributed by atoms with Crippen molar-refractivity contribution < 1.29 is 14.5 Å². The van der Waals surface area contributed by atoms with E-state index in [9.17, 15) is 19.7 Å². The molecule has 1 saturated heterocycles. The number of benzene rings is 2. The molecule has 0 radical (unpaired) electrons. The summed E-state index contributed by atoms with van der Waals surface area (Å²) in [5.41, 5.74) is 4.56. The standard InChI is InChI=1S/C23H27N5O4S/c29-22(25-19-8-4-3-5-9-19)16-33-17-23(30)26-24-15-18-14-20(28(31)32)10-11-21(18)27-12-6-1-2-7-13-27/h3-5,8-11,14-15H,1-2,6-7,12-13,16-17H2,(H,25,29)(H,26,30)/b24-15-. The highest BCUT2D eigenvalue weighted by Crippen LogP contribution is 2.26. The van der Waals surface area contributed by atoms with E-state index in [1.165, 1.54) is 43.0 Å². The fraction of sp³-hybridized carbons (Fsp3) is 0.348. The fourth-order valence-corrected chi connectivity index (χ4v) is 4.13. The van der Waals surface area contributed by atoms with Gasteiger partial charge in [0.25, 0.3) is 5.69 Å². The number of nitro groups is 1. The fourth-order valence-electron chi connectivity index (χ4n) is 3.52. The largest absolute Gasteiger partial charge is 0.371 e. The highest BCUT2D eigenvalue weighted by Gasteiger charge is 2.16. The maximum atomic E-state index is 12.1. The molecule has 2 aromatic rings. The minimum atomic E-state index is -0.445. The second-order valence-corrected chi connectivity index (χ2v) is 8.59. The lowest BCUT2D eigenvalue weighted by molar-refractivity contribution is -0.384. The molecule has 1 fully saturated rings. The number of nitrogens with one attached hydrogen (secondary N) is 2. The molecule has 0 unspecified atom stereocenters. The zero-order valence-electron chi connectivity index (χ0n) is 18.2. The topological polar surface area (TPSA) is 117 Å². The molecule has 1 heterocycles. The van der Waals surface area contributed by atoms with Gasteiger partial charge in [-0.1, -0.05) is 31.0 Å². The Labute approximate surface area is 196 Å². The van der Waals surface area contributed by atoms with Crippen LogP contribution in [0.4, 0.5) is 17.1 Å². The Bertz CT molecular complexity index is 992. The molecule has 1 aliphatic rings. The number of hydrazone groups is 1. The second kappa shape index (κ2) is 12.6. The third-order valence-corrected chi connectivity index (χ3v) is 6.02. The molecule has 3 rings (SSSR count). The summed E-state index contributed by atoms with van der Waals surface area (Å²) >= 11 is 1.17. The van der Waals surface area contributed by atoms with Gasteiger partial charge in [-0.25, -0.2) is 5.43 Å². The molecule has 0 aliphatic carbocycles. The number of amides is 2. The van der Waals surface area contributed by atoms with Crippen molar-refractivity contribution in [3.8, 4) is 0 Å². The number of non-ortho nitro benzene ring substituents is 1. The van der Waals surface area contributed by atoms with E-state index in [0.29, 0.717) is 11.3 Å². The van der Waals surface area contributed by atoms with Crippen molar-refractivity contribution in [3.63, 3.8) is 0 Å². The zero-order chi connectivity index (χ0) is 23.5. The van der Waals surface area contributed by atoms with Crippen molar-refractivity contribution >= 4 is 46.9 Å². The molecule has 10 heteroatoms.